The van der Waals surface area contributed by atoms with E-state index in [-0.39, 0.29) is 17.7 Å². The number of anilines is 1. The molecule has 2 rings (SSSR count). The molecule has 0 atom stereocenters. The fourth-order valence-electron chi connectivity index (χ4n) is 2.67. The quantitative estimate of drug-likeness (QED) is 0.263. The summed E-state index contributed by atoms with van der Waals surface area (Å²) >= 11 is 5.97. The van der Waals surface area contributed by atoms with Gasteiger partial charge in [-0.3, -0.25) is 4.79 Å². The van der Waals surface area contributed by atoms with Gasteiger partial charge in [0, 0.05) is 16.5 Å². The average Bonchev–Trinajstić information content (AvgIpc) is 2.76. The van der Waals surface area contributed by atoms with E-state index in [1.165, 1.54) is 12.8 Å². The smallest absolute Gasteiger partial charge is 0.227 e. The van der Waals surface area contributed by atoms with Crippen LogP contribution < -0.4 is 11.1 Å². The Kier molecular flexibility index (Phi) is 5.44. The summed E-state index contributed by atoms with van der Waals surface area (Å²) in [6.45, 7) is 0. The van der Waals surface area contributed by atoms with Gasteiger partial charge in [0.25, 0.3) is 0 Å². The molecule has 0 heterocycles. The van der Waals surface area contributed by atoms with Gasteiger partial charge in [-0.05, 0) is 31.0 Å². The molecule has 0 aromatic heterocycles. The van der Waals surface area contributed by atoms with Crippen molar-refractivity contribution < 1.29 is 10.0 Å². The van der Waals surface area contributed by atoms with Crippen LogP contribution in [0.5, 0.6) is 0 Å². The zero-order valence-corrected chi connectivity index (χ0v) is 12.6. The largest absolute Gasteiger partial charge is 0.409 e. The van der Waals surface area contributed by atoms with E-state index in [4.69, 9.17) is 22.5 Å². The lowest BCUT2D eigenvalue weighted by Gasteiger charge is -2.16. The third-order valence-corrected chi connectivity index (χ3v) is 4.08. The van der Waals surface area contributed by atoms with Gasteiger partial charge in [0.05, 0.1) is 5.69 Å². The fraction of sp³-hybridized carbons (Fsp3) is 0.467. The van der Waals surface area contributed by atoms with Crippen LogP contribution in [0.25, 0.3) is 0 Å². The molecule has 1 aromatic rings. The van der Waals surface area contributed by atoms with Crippen LogP contribution in [0.1, 0.15) is 44.1 Å². The fourth-order valence-corrected chi connectivity index (χ4v) is 2.85. The summed E-state index contributed by atoms with van der Waals surface area (Å²) in [7, 11) is 0. The van der Waals surface area contributed by atoms with Gasteiger partial charge in [-0.25, -0.2) is 0 Å². The van der Waals surface area contributed by atoms with E-state index in [0.29, 0.717) is 16.3 Å². The molecule has 1 aliphatic rings. The number of benzene rings is 1. The van der Waals surface area contributed by atoms with Crippen molar-refractivity contribution in [3.8, 4) is 0 Å². The molecule has 114 valence electrons. The number of hydrogen-bond donors (Lipinski definition) is 3. The predicted molar refractivity (Wildman–Crippen MR) is 83.8 cm³/mol. The highest BCUT2D eigenvalue weighted by atomic mass is 35.5. The highest BCUT2D eigenvalue weighted by Crippen LogP contribution is 2.26. The van der Waals surface area contributed by atoms with Crippen molar-refractivity contribution in [3.63, 3.8) is 0 Å². The number of carbonyl (C=O) groups is 1. The standard InChI is InChI=1S/C15H20ClN3O2/c16-11-7-8-12(14(17)19-21)13(9-11)18-15(20)10-5-3-1-2-4-6-10/h7-10,21H,1-6H2,(H2,17,19)(H,18,20). The summed E-state index contributed by atoms with van der Waals surface area (Å²) in [4.78, 5) is 12.4. The number of hydrogen-bond acceptors (Lipinski definition) is 3. The SMILES string of the molecule is NC(=NO)c1ccc(Cl)cc1NC(=O)C1CCCCCC1. The minimum Gasteiger partial charge on any atom is -0.409 e. The van der Waals surface area contributed by atoms with Crippen LogP contribution in [0.3, 0.4) is 0 Å². The van der Waals surface area contributed by atoms with Crippen molar-refractivity contribution in [2.75, 3.05) is 5.32 Å². The number of nitrogens with one attached hydrogen (secondary N) is 1. The molecule has 6 heteroatoms. The summed E-state index contributed by atoms with van der Waals surface area (Å²) in [5.41, 5.74) is 6.57. The summed E-state index contributed by atoms with van der Waals surface area (Å²) < 4.78 is 0. The van der Waals surface area contributed by atoms with Gasteiger partial charge < -0.3 is 16.3 Å². The molecule has 0 bridgehead atoms. The molecular formula is C15H20ClN3O2. The molecule has 5 nitrogen and oxygen atoms in total. The molecular weight excluding hydrogens is 290 g/mol. The molecule has 0 radical (unpaired) electrons. The van der Waals surface area contributed by atoms with Gasteiger partial charge in [-0.15, -0.1) is 0 Å². The maximum atomic E-state index is 12.4. The Labute approximate surface area is 129 Å². The summed E-state index contributed by atoms with van der Waals surface area (Å²) in [6, 6.07) is 4.87. The van der Waals surface area contributed by atoms with Crippen molar-refractivity contribution in [2.45, 2.75) is 38.5 Å². The number of oxime groups is 1. The first kappa shape index (κ1) is 15.6. The number of amides is 1. The minimum atomic E-state index is -0.0529. The van der Waals surface area contributed by atoms with Crippen LogP contribution >= 0.6 is 11.6 Å². The first-order valence-corrected chi connectivity index (χ1v) is 7.58. The number of amidine groups is 1. The van der Waals surface area contributed by atoms with Gasteiger partial charge >= 0.3 is 0 Å². The Hall–Kier alpha value is -1.75. The maximum Gasteiger partial charge on any atom is 0.227 e. The molecule has 1 aromatic carbocycles. The first-order chi connectivity index (χ1) is 10.1. The van der Waals surface area contributed by atoms with Crippen LogP contribution in [0.4, 0.5) is 5.69 Å². The van der Waals surface area contributed by atoms with Crippen LogP contribution in [0, 0.1) is 5.92 Å². The van der Waals surface area contributed by atoms with Crippen LogP contribution in [0.2, 0.25) is 5.02 Å². The van der Waals surface area contributed by atoms with E-state index >= 15 is 0 Å². The van der Waals surface area contributed by atoms with Crippen LogP contribution in [0.15, 0.2) is 23.4 Å². The lowest BCUT2D eigenvalue weighted by atomic mass is 9.99. The van der Waals surface area contributed by atoms with E-state index < -0.39 is 0 Å². The monoisotopic (exact) mass is 309 g/mol. The predicted octanol–water partition coefficient (Wildman–Crippen LogP) is 3.34. The highest BCUT2D eigenvalue weighted by molar-refractivity contribution is 6.31. The second kappa shape index (κ2) is 7.31. The number of rotatable bonds is 3. The van der Waals surface area contributed by atoms with E-state index in [1.807, 2.05) is 0 Å². The number of halogens is 1. The molecule has 1 aliphatic carbocycles. The van der Waals surface area contributed by atoms with Crippen LogP contribution in [-0.4, -0.2) is 17.0 Å². The Morgan fingerprint density at radius 3 is 2.57 bits per heavy atom. The molecule has 21 heavy (non-hydrogen) atoms. The highest BCUT2D eigenvalue weighted by Gasteiger charge is 2.21. The topological polar surface area (TPSA) is 87.7 Å². The van der Waals surface area contributed by atoms with Crippen molar-refractivity contribution >= 4 is 29.0 Å². The zero-order valence-electron chi connectivity index (χ0n) is 11.8. The van der Waals surface area contributed by atoms with Gasteiger partial charge in [-0.2, -0.15) is 0 Å². The molecule has 0 saturated heterocycles. The first-order valence-electron chi connectivity index (χ1n) is 7.20. The van der Waals surface area contributed by atoms with Crippen molar-refractivity contribution in [3.05, 3.63) is 28.8 Å². The van der Waals surface area contributed by atoms with Crippen molar-refractivity contribution in [1.29, 1.82) is 0 Å². The minimum absolute atomic E-state index is 0.0200. The molecule has 1 fully saturated rings. The molecule has 4 N–H and O–H groups in total. The molecule has 0 spiro atoms. The molecule has 0 aliphatic heterocycles. The molecule has 1 saturated carbocycles. The zero-order chi connectivity index (χ0) is 15.2. The number of carbonyl (C=O) groups excluding carboxylic acids is 1. The van der Waals surface area contributed by atoms with E-state index in [1.54, 1.807) is 18.2 Å². The van der Waals surface area contributed by atoms with Gasteiger partial charge in [0.1, 0.15) is 0 Å². The average molecular weight is 310 g/mol. The Bertz CT molecular complexity index is 538. The number of nitrogens with zero attached hydrogens (tertiary/aromatic N) is 1. The van der Waals surface area contributed by atoms with E-state index in [0.717, 1.165) is 25.7 Å². The van der Waals surface area contributed by atoms with E-state index in [2.05, 4.69) is 10.5 Å². The number of nitrogens with two attached hydrogens (primary N) is 1. The second-order valence-corrected chi connectivity index (χ2v) is 5.79. The van der Waals surface area contributed by atoms with Gasteiger partial charge in [0.15, 0.2) is 5.84 Å². The third kappa shape index (κ3) is 4.11. The third-order valence-electron chi connectivity index (χ3n) is 3.85. The Morgan fingerprint density at radius 1 is 1.29 bits per heavy atom. The molecule has 0 unspecified atom stereocenters. The van der Waals surface area contributed by atoms with Gasteiger partial charge in [-0.1, -0.05) is 42.4 Å². The van der Waals surface area contributed by atoms with E-state index in [9.17, 15) is 4.79 Å². The normalized spacial score (nSPS) is 17.3. The van der Waals surface area contributed by atoms with Crippen LogP contribution in [-0.2, 0) is 4.79 Å². The summed E-state index contributed by atoms with van der Waals surface area (Å²) in [6.07, 6.45) is 6.37. The lowest BCUT2D eigenvalue weighted by Crippen LogP contribution is -2.24. The summed E-state index contributed by atoms with van der Waals surface area (Å²) in [5, 5.41) is 15.2. The van der Waals surface area contributed by atoms with Gasteiger partial charge in [0.2, 0.25) is 5.91 Å². The molecule has 1 amide bonds. The van der Waals surface area contributed by atoms with Crippen molar-refractivity contribution in [2.24, 2.45) is 16.8 Å². The second-order valence-electron chi connectivity index (χ2n) is 5.35. The maximum absolute atomic E-state index is 12.4. The Morgan fingerprint density at radius 2 is 1.95 bits per heavy atom. The van der Waals surface area contributed by atoms with Crippen molar-refractivity contribution in [1.82, 2.24) is 0 Å². The lowest BCUT2D eigenvalue weighted by molar-refractivity contribution is -0.120. The summed E-state index contributed by atoms with van der Waals surface area (Å²) in [5.74, 6) is -0.0550. The Balaban J connectivity index is 2.17.